The summed E-state index contributed by atoms with van der Waals surface area (Å²) in [6.07, 6.45) is 0. The molecule has 90 valence electrons. The van der Waals surface area contributed by atoms with Crippen LogP contribution in [-0.2, 0) is 0 Å². The summed E-state index contributed by atoms with van der Waals surface area (Å²) < 4.78 is 30.5. The molecule has 0 aliphatic heterocycles. The van der Waals surface area contributed by atoms with Gasteiger partial charge in [-0.2, -0.15) is 4.98 Å². The molecule has 0 amide bonds. The summed E-state index contributed by atoms with van der Waals surface area (Å²) in [4.78, 5) is 3.87. The maximum Gasteiger partial charge on any atom is 0.246 e. The molecule has 0 spiro atoms. The Balaban J connectivity index is 2.33. The van der Waals surface area contributed by atoms with Gasteiger partial charge >= 0.3 is 0 Å². The van der Waals surface area contributed by atoms with Crippen molar-refractivity contribution in [1.29, 1.82) is 0 Å². The summed E-state index contributed by atoms with van der Waals surface area (Å²) in [6, 6.07) is 2.44. The molecule has 0 saturated carbocycles. The van der Waals surface area contributed by atoms with Gasteiger partial charge in [-0.3, -0.25) is 0 Å². The summed E-state index contributed by atoms with van der Waals surface area (Å²) in [6.45, 7) is -0.348. The highest BCUT2D eigenvalue weighted by Gasteiger charge is 2.15. The number of benzene rings is 1. The molecule has 1 aromatic heterocycles. The second-order valence-corrected chi connectivity index (χ2v) is 3.37. The Morgan fingerprint density at radius 2 is 2.12 bits per heavy atom. The predicted molar refractivity (Wildman–Crippen MR) is 53.7 cm³/mol. The van der Waals surface area contributed by atoms with Crippen LogP contribution >= 0.6 is 0 Å². The highest BCUT2D eigenvalue weighted by atomic mass is 19.2. The first kappa shape index (κ1) is 11.6. The van der Waals surface area contributed by atoms with Crippen molar-refractivity contribution in [2.24, 2.45) is 5.73 Å². The molecular formula is C10H9F2N3O2. The molecule has 0 aliphatic rings. The van der Waals surface area contributed by atoms with E-state index in [-0.39, 0.29) is 23.9 Å². The summed E-state index contributed by atoms with van der Waals surface area (Å²) in [5.74, 6) is -1.83. The number of aromatic nitrogens is 2. The van der Waals surface area contributed by atoms with Crippen molar-refractivity contribution in [3.8, 4) is 11.4 Å². The van der Waals surface area contributed by atoms with Crippen molar-refractivity contribution >= 4 is 0 Å². The zero-order chi connectivity index (χ0) is 12.4. The van der Waals surface area contributed by atoms with E-state index < -0.39 is 17.7 Å². The Kier molecular flexibility index (Phi) is 3.12. The van der Waals surface area contributed by atoms with Gasteiger partial charge in [-0.1, -0.05) is 5.16 Å². The monoisotopic (exact) mass is 241 g/mol. The van der Waals surface area contributed by atoms with E-state index in [0.717, 1.165) is 12.1 Å². The topological polar surface area (TPSA) is 85.2 Å². The fraction of sp³-hybridized carbons (Fsp3) is 0.200. The van der Waals surface area contributed by atoms with Gasteiger partial charge in [0, 0.05) is 5.56 Å². The van der Waals surface area contributed by atoms with Gasteiger partial charge < -0.3 is 15.4 Å². The molecular weight excluding hydrogens is 232 g/mol. The van der Waals surface area contributed by atoms with E-state index in [1.54, 1.807) is 0 Å². The fourth-order valence-corrected chi connectivity index (χ4v) is 1.22. The van der Waals surface area contributed by atoms with Gasteiger partial charge in [0.15, 0.2) is 11.6 Å². The average Bonchev–Trinajstić information content (AvgIpc) is 2.81. The molecule has 0 saturated heterocycles. The molecule has 7 heteroatoms. The molecule has 0 radical (unpaired) electrons. The number of hydrogen-bond donors (Lipinski definition) is 2. The van der Waals surface area contributed by atoms with Crippen LogP contribution in [0.3, 0.4) is 0 Å². The normalized spacial score (nSPS) is 12.7. The van der Waals surface area contributed by atoms with Crippen LogP contribution in [0.1, 0.15) is 11.9 Å². The van der Waals surface area contributed by atoms with Crippen molar-refractivity contribution in [1.82, 2.24) is 10.1 Å². The number of nitrogens with two attached hydrogens (primary N) is 1. The lowest BCUT2D eigenvalue weighted by molar-refractivity contribution is 0.237. The lowest BCUT2D eigenvalue weighted by atomic mass is 10.2. The van der Waals surface area contributed by atoms with Crippen LogP contribution in [-0.4, -0.2) is 21.9 Å². The van der Waals surface area contributed by atoms with Crippen LogP contribution in [0.15, 0.2) is 22.7 Å². The van der Waals surface area contributed by atoms with Crippen LogP contribution < -0.4 is 5.73 Å². The average molecular weight is 241 g/mol. The zero-order valence-electron chi connectivity index (χ0n) is 8.60. The van der Waals surface area contributed by atoms with Crippen molar-refractivity contribution in [3.63, 3.8) is 0 Å². The molecule has 0 unspecified atom stereocenters. The second-order valence-electron chi connectivity index (χ2n) is 3.37. The third-order valence-electron chi connectivity index (χ3n) is 2.13. The number of rotatable bonds is 3. The van der Waals surface area contributed by atoms with Crippen LogP contribution in [0.4, 0.5) is 8.78 Å². The van der Waals surface area contributed by atoms with E-state index in [1.165, 1.54) is 6.07 Å². The third kappa shape index (κ3) is 2.29. The van der Waals surface area contributed by atoms with Crippen LogP contribution in [0.2, 0.25) is 0 Å². The minimum Gasteiger partial charge on any atom is -0.394 e. The highest BCUT2D eigenvalue weighted by Crippen LogP contribution is 2.19. The van der Waals surface area contributed by atoms with E-state index in [4.69, 9.17) is 15.4 Å². The van der Waals surface area contributed by atoms with Crippen molar-refractivity contribution in [2.75, 3.05) is 6.61 Å². The first-order valence-electron chi connectivity index (χ1n) is 4.77. The smallest absolute Gasteiger partial charge is 0.246 e. The Bertz CT molecular complexity index is 530. The predicted octanol–water partition coefficient (Wildman–Crippen LogP) is 1.01. The van der Waals surface area contributed by atoms with E-state index in [9.17, 15) is 8.78 Å². The molecule has 1 atom stereocenters. The van der Waals surface area contributed by atoms with Gasteiger partial charge in [-0.25, -0.2) is 8.78 Å². The molecule has 3 N–H and O–H groups in total. The number of hydrogen-bond acceptors (Lipinski definition) is 5. The Hall–Kier alpha value is -1.86. The largest absolute Gasteiger partial charge is 0.394 e. The molecule has 5 nitrogen and oxygen atoms in total. The Morgan fingerprint density at radius 1 is 1.35 bits per heavy atom. The lowest BCUT2D eigenvalue weighted by Crippen LogP contribution is -2.14. The Labute approximate surface area is 94.9 Å². The van der Waals surface area contributed by atoms with E-state index in [0.29, 0.717) is 0 Å². The number of halogens is 2. The number of aliphatic hydroxyl groups excluding tert-OH is 1. The van der Waals surface area contributed by atoms with E-state index >= 15 is 0 Å². The second kappa shape index (κ2) is 4.56. The highest BCUT2D eigenvalue weighted by molar-refractivity contribution is 5.54. The molecule has 0 bridgehead atoms. The molecule has 2 aromatic rings. The Morgan fingerprint density at radius 3 is 2.76 bits per heavy atom. The maximum absolute atomic E-state index is 13.0. The van der Waals surface area contributed by atoms with Gasteiger partial charge in [-0.15, -0.1) is 0 Å². The van der Waals surface area contributed by atoms with Crippen molar-refractivity contribution < 1.29 is 18.4 Å². The molecule has 1 heterocycles. The summed E-state index contributed by atoms with van der Waals surface area (Å²) >= 11 is 0. The van der Waals surface area contributed by atoms with Gasteiger partial charge in [0.05, 0.1) is 6.61 Å². The van der Waals surface area contributed by atoms with Crippen molar-refractivity contribution in [3.05, 3.63) is 35.7 Å². The standard InChI is InChI=1S/C10H9F2N3O2/c11-6-2-1-5(3-7(6)12)9-14-10(17-15-9)8(13)4-16/h1-3,8,16H,4,13H2/t8-/m1/s1. The van der Waals surface area contributed by atoms with Gasteiger partial charge in [0.1, 0.15) is 6.04 Å². The van der Waals surface area contributed by atoms with Crippen LogP contribution in [0.25, 0.3) is 11.4 Å². The number of nitrogens with zero attached hydrogens (tertiary/aromatic N) is 2. The molecule has 0 aliphatic carbocycles. The molecule has 1 aromatic carbocycles. The van der Waals surface area contributed by atoms with E-state index in [2.05, 4.69) is 10.1 Å². The van der Waals surface area contributed by atoms with Gasteiger partial charge in [0.2, 0.25) is 11.7 Å². The minimum atomic E-state index is -1.000. The minimum absolute atomic E-state index is 0.0345. The molecule has 17 heavy (non-hydrogen) atoms. The van der Waals surface area contributed by atoms with Crippen LogP contribution in [0.5, 0.6) is 0 Å². The lowest BCUT2D eigenvalue weighted by Gasteiger charge is -1.98. The SMILES string of the molecule is N[C@H](CO)c1nc(-c2ccc(F)c(F)c2)no1. The van der Waals surface area contributed by atoms with Gasteiger partial charge in [0.25, 0.3) is 0 Å². The molecule has 0 fully saturated rings. The van der Waals surface area contributed by atoms with Crippen LogP contribution in [0, 0.1) is 11.6 Å². The van der Waals surface area contributed by atoms with Crippen molar-refractivity contribution in [2.45, 2.75) is 6.04 Å². The fourth-order valence-electron chi connectivity index (χ4n) is 1.22. The summed E-state index contributed by atoms with van der Waals surface area (Å²) in [5.41, 5.74) is 5.73. The summed E-state index contributed by atoms with van der Waals surface area (Å²) in [7, 11) is 0. The van der Waals surface area contributed by atoms with E-state index in [1.807, 2.05) is 0 Å². The quantitative estimate of drug-likeness (QED) is 0.837. The third-order valence-corrected chi connectivity index (χ3v) is 2.13. The zero-order valence-corrected chi connectivity index (χ0v) is 8.60. The first-order chi connectivity index (χ1) is 8.11. The first-order valence-corrected chi connectivity index (χ1v) is 4.77. The summed E-state index contributed by atoms with van der Waals surface area (Å²) in [5, 5.41) is 12.3. The maximum atomic E-state index is 13.0. The number of aliphatic hydroxyl groups is 1. The molecule has 2 rings (SSSR count). The van der Waals surface area contributed by atoms with Gasteiger partial charge in [-0.05, 0) is 18.2 Å².